The first kappa shape index (κ1) is 10.6. The van der Waals surface area contributed by atoms with Crippen molar-refractivity contribution in [2.45, 2.75) is 5.92 Å². The lowest BCUT2D eigenvalue weighted by molar-refractivity contribution is 0.885. The van der Waals surface area contributed by atoms with E-state index in [1.165, 1.54) is 11.3 Å². The van der Waals surface area contributed by atoms with E-state index >= 15 is 0 Å². The second-order valence-corrected chi connectivity index (χ2v) is 5.38. The zero-order valence-corrected chi connectivity index (χ0v) is 10.4. The van der Waals surface area contributed by atoms with Gasteiger partial charge in [-0.15, -0.1) is 11.3 Å². The van der Waals surface area contributed by atoms with Crippen molar-refractivity contribution in [1.29, 1.82) is 0 Å². The molecule has 3 aromatic heterocycles. The third-order valence-electron chi connectivity index (χ3n) is 2.61. The number of nitrogens with one attached hydrogen (secondary N) is 2. The van der Waals surface area contributed by atoms with E-state index in [1.807, 2.05) is 24.5 Å². The van der Waals surface area contributed by atoms with Crippen LogP contribution in [0.3, 0.4) is 0 Å². The van der Waals surface area contributed by atoms with Crippen molar-refractivity contribution in [1.82, 2.24) is 15.0 Å². The lowest BCUT2D eigenvalue weighted by atomic mass is 10.0. The smallest absolute Gasteiger partial charge is 0.113 e. The predicted molar refractivity (Wildman–Crippen MR) is 69.7 cm³/mol. The Morgan fingerprint density at radius 1 is 1.12 bits per heavy atom. The maximum Gasteiger partial charge on any atom is 0.113 e. The molecule has 0 amide bonds. The fraction of sp³-hybridized carbons (Fsp3) is 0.0833. The zero-order chi connectivity index (χ0) is 11.7. The molecule has 0 saturated carbocycles. The minimum atomic E-state index is 0.0949. The Balaban J connectivity index is 2.09. The summed E-state index contributed by atoms with van der Waals surface area (Å²) < 4.78 is 0.711. The first-order valence-electron chi connectivity index (χ1n) is 5.22. The van der Waals surface area contributed by atoms with Crippen LogP contribution in [-0.4, -0.2) is 15.0 Å². The molecule has 3 nitrogen and oxygen atoms in total. The van der Waals surface area contributed by atoms with Gasteiger partial charge in [0.1, 0.15) is 9.34 Å². The van der Waals surface area contributed by atoms with Crippen molar-refractivity contribution in [2.75, 3.05) is 0 Å². The SMILES string of the molecule is Clc1cnc(C(c2ccc[nH]2)c2ccc[nH]2)s1. The molecule has 3 heterocycles. The zero-order valence-electron chi connectivity index (χ0n) is 8.85. The molecule has 0 atom stereocenters. The highest BCUT2D eigenvalue weighted by Crippen LogP contribution is 2.33. The van der Waals surface area contributed by atoms with Crippen molar-refractivity contribution < 1.29 is 0 Å². The topological polar surface area (TPSA) is 44.5 Å². The lowest BCUT2D eigenvalue weighted by Crippen LogP contribution is -2.03. The standard InChI is InChI=1S/C12H10ClN3S/c13-10-7-16-12(17-10)11(8-3-1-5-14-8)9-4-2-6-15-9/h1-7,11,14-15H. The largest absolute Gasteiger partial charge is 0.364 e. The highest BCUT2D eigenvalue weighted by Gasteiger charge is 2.21. The van der Waals surface area contributed by atoms with Gasteiger partial charge in [-0.05, 0) is 24.3 Å². The average Bonchev–Trinajstić information content (AvgIpc) is 3.02. The molecule has 0 unspecified atom stereocenters. The van der Waals surface area contributed by atoms with Crippen molar-refractivity contribution in [3.05, 3.63) is 63.6 Å². The van der Waals surface area contributed by atoms with Crippen molar-refractivity contribution >= 4 is 22.9 Å². The number of H-pyrrole nitrogens is 2. The van der Waals surface area contributed by atoms with Gasteiger partial charge in [-0.2, -0.15) is 0 Å². The van der Waals surface area contributed by atoms with Crippen LogP contribution in [0.25, 0.3) is 0 Å². The summed E-state index contributed by atoms with van der Waals surface area (Å²) in [6.07, 6.45) is 5.53. The monoisotopic (exact) mass is 263 g/mol. The number of aromatic amines is 2. The third kappa shape index (κ3) is 2.01. The molecule has 3 aromatic rings. The Hall–Kier alpha value is -1.52. The van der Waals surface area contributed by atoms with Crippen LogP contribution in [0.1, 0.15) is 22.3 Å². The van der Waals surface area contributed by atoms with E-state index in [-0.39, 0.29) is 5.92 Å². The molecular weight excluding hydrogens is 254 g/mol. The number of halogens is 1. The molecule has 0 spiro atoms. The molecule has 0 bridgehead atoms. The van der Waals surface area contributed by atoms with Gasteiger partial charge in [0.05, 0.1) is 12.1 Å². The Kier molecular flexibility index (Phi) is 2.74. The van der Waals surface area contributed by atoms with Crippen molar-refractivity contribution in [3.63, 3.8) is 0 Å². The number of hydrogen-bond acceptors (Lipinski definition) is 2. The second-order valence-electron chi connectivity index (χ2n) is 3.69. The van der Waals surface area contributed by atoms with E-state index in [0.29, 0.717) is 4.34 Å². The molecule has 5 heteroatoms. The van der Waals surface area contributed by atoms with E-state index < -0.39 is 0 Å². The molecule has 0 aliphatic rings. The molecular formula is C12H10ClN3S. The quantitative estimate of drug-likeness (QED) is 0.745. The van der Waals surface area contributed by atoms with Crippen LogP contribution in [0.2, 0.25) is 4.34 Å². The van der Waals surface area contributed by atoms with Crippen LogP contribution in [0.5, 0.6) is 0 Å². The Morgan fingerprint density at radius 2 is 1.76 bits per heavy atom. The normalized spacial score (nSPS) is 11.2. The van der Waals surface area contributed by atoms with Crippen molar-refractivity contribution in [3.8, 4) is 0 Å². The summed E-state index contributed by atoms with van der Waals surface area (Å²) in [6, 6.07) is 8.09. The Labute approximate surface area is 107 Å². The van der Waals surface area contributed by atoms with Crippen molar-refractivity contribution in [2.24, 2.45) is 0 Å². The number of rotatable bonds is 3. The summed E-state index contributed by atoms with van der Waals surface area (Å²) in [5.41, 5.74) is 2.22. The minimum Gasteiger partial charge on any atom is -0.364 e. The highest BCUT2D eigenvalue weighted by molar-refractivity contribution is 7.15. The third-order valence-corrected chi connectivity index (χ3v) is 3.79. The van der Waals surface area contributed by atoms with Gasteiger partial charge in [0, 0.05) is 23.8 Å². The van der Waals surface area contributed by atoms with Gasteiger partial charge in [0.25, 0.3) is 0 Å². The molecule has 0 fully saturated rings. The van der Waals surface area contributed by atoms with Gasteiger partial charge in [-0.3, -0.25) is 0 Å². The van der Waals surface area contributed by atoms with Gasteiger partial charge < -0.3 is 9.97 Å². The van der Waals surface area contributed by atoms with Gasteiger partial charge in [-0.1, -0.05) is 11.6 Å². The number of thiazole rings is 1. The lowest BCUT2D eigenvalue weighted by Gasteiger charge is -2.11. The van der Waals surface area contributed by atoms with Gasteiger partial charge in [-0.25, -0.2) is 4.98 Å². The van der Waals surface area contributed by atoms with Gasteiger partial charge in [0.2, 0.25) is 0 Å². The summed E-state index contributed by atoms with van der Waals surface area (Å²) in [5, 5.41) is 0.986. The van der Waals surface area contributed by atoms with E-state index in [2.05, 4.69) is 27.1 Å². The molecule has 0 aromatic carbocycles. The number of hydrogen-bond donors (Lipinski definition) is 2. The van der Waals surface area contributed by atoms with Crippen LogP contribution < -0.4 is 0 Å². The molecule has 0 aliphatic heterocycles. The van der Waals surface area contributed by atoms with Crippen LogP contribution in [0.15, 0.2) is 42.9 Å². The fourth-order valence-corrected chi connectivity index (χ4v) is 2.95. The summed E-state index contributed by atoms with van der Waals surface area (Å²) >= 11 is 7.47. The molecule has 0 saturated heterocycles. The fourth-order valence-electron chi connectivity index (χ4n) is 1.88. The molecule has 3 rings (SSSR count). The summed E-state index contributed by atoms with van der Waals surface area (Å²) in [7, 11) is 0. The first-order valence-corrected chi connectivity index (χ1v) is 6.42. The maximum absolute atomic E-state index is 5.96. The Bertz CT molecular complexity index is 549. The molecule has 17 heavy (non-hydrogen) atoms. The van der Waals surface area contributed by atoms with E-state index in [1.54, 1.807) is 6.20 Å². The predicted octanol–water partition coefficient (Wildman–Crippen LogP) is 3.63. The second kappa shape index (κ2) is 4.39. The van der Waals surface area contributed by atoms with E-state index in [0.717, 1.165) is 16.4 Å². The summed E-state index contributed by atoms with van der Waals surface area (Å²) in [5.74, 6) is 0.0949. The first-order chi connectivity index (χ1) is 8.34. The van der Waals surface area contributed by atoms with Crippen LogP contribution in [0, 0.1) is 0 Å². The van der Waals surface area contributed by atoms with Crippen LogP contribution in [-0.2, 0) is 0 Å². The van der Waals surface area contributed by atoms with E-state index in [4.69, 9.17) is 11.6 Å². The Morgan fingerprint density at radius 3 is 2.18 bits per heavy atom. The molecule has 86 valence electrons. The van der Waals surface area contributed by atoms with Crippen LogP contribution >= 0.6 is 22.9 Å². The number of aromatic nitrogens is 3. The average molecular weight is 264 g/mol. The van der Waals surface area contributed by atoms with E-state index in [9.17, 15) is 0 Å². The van der Waals surface area contributed by atoms with Gasteiger partial charge >= 0.3 is 0 Å². The van der Waals surface area contributed by atoms with Gasteiger partial charge in [0.15, 0.2) is 0 Å². The number of nitrogens with zero attached hydrogens (tertiary/aromatic N) is 1. The minimum absolute atomic E-state index is 0.0949. The maximum atomic E-state index is 5.96. The highest BCUT2D eigenvalue weighted by atomic mass is 35.5. The molecule has 0 aliphatic carbocycles. The summed E-state index contributed by atoms with van der Waals surface area (Å²) in [6.45, 7) is 0. The molecule has 0 radical (unpaired) electrons. The summed E-state index contributed by atoms with van der Waals surface area (Å²) in [4.78, 5) is 10.8. The molecule has 2 N–H and O–H groups in total. The van der Waals surface area contributed by atoms with Crippen LogP contribution in [0.4, 0.5) is 0 Å².